The molecule has 0 aliphatic rings. The number of hydrogen-bond donors (Lipinski definition) is 2. The maximum absolute atomic E-state index is 8.74. The molecule has 0 aromatic heterocycles. The van der Waals surface area contributed by atoms with Crippen molar-refractivity contribution in [1.29, 1.82) is 0 Å². The van der Waals surface area contributed by atoms with E-state index < -0.39 is 10.4 Å². The Kier molecular flexibility index (Phi) is 25.3. The van der Waals surface area contributed by atoms with E-state index in [0.717, 1.165) is 10.8 Å². The van der Waals surface area contributed by atoms with Crippen molar-refractivity contribution in [2.45, 2.75) is 41.5 Å². The molecule has 156 valence electrons. The van der Waals surface area contributed by atoms with Gasteiger partial charge in [0, 0.05) is 0 Å². The molecule has 0 saturated heterocycles. The minimum absolute atomic E-state index is 0.542. The lowest BCUT2D eigenvalue weighted by Gasteiger charge is -2.16. The highest BCUT2D eigenvalue weighted by molar-refractivity contribution is 7.79. The first kappa shape index (κ1) is 29.3. The molecular formula is C12H32N2O10S. The monoisotopic (exact) mass is 396 g/mol. The Morgan fingerprint density at radius 1 is 0.560 bits per heavy atom. The fourth-order valence-electron chi connectivity index (χ4n) is 0.856. The second-order valence-electron chi connectivity index (χ2n) is 3.40. The van der Waals surface area contributed by atoms with Gasteiger partial charge >= 0.3 is 10.4 Å². The molecule has 0 spiro atoms. The van der Waals surface area contributed by atoms with Crippen LogP contribution < -0.4 is 0 Å². The molecule has 2 N–H and O–H groups in total. The molecule has 0 aromatic rings. The van der Waals surface area contributed by atoms with Crippen LogP contribution >= 0.6 is 0 Å². The van der Waals surface area contributed by atoms with E-state index in [4.69, 9.17) is 46.5 Å². The van der Waals surface area contributed by atoms with E-state index in [1.54, 1.807) is 0 Å². The second kappa shape index (κ2) is 21.6. The van der Waals surface area contributed by atoms with Crippen molar-refractivity contribution in [3.63, 3.8) is 0 Å². The smallest absolute Gasteiger partial charge is 0.264 e. The standard InChI is InChI=1S/2C6H15NO3.H2O4S/c2*1-4-8-7(9-5-2)10-6-3;1-5(2,3)4/h2*4-6H2,1-3H3;(H2,1,2,3,4). The maximum atomic E-state index is 8.74. The van der Waals surface area contributed by atoms with Crippen LogP contribution in [-0.2, 0) is 39.4 Å². The fraction of sp³-hybridized carbons (Fsp3) is 1.00. The van der Waals surface area contributed by atoms with Gasteiger partial charge in [0.1, 0.15) is 0 Å². The average molecular weight is 396 g/mol. The third kappa shape index (κ3) is 35.5. The SMILES string of the molecule is CCON(OCC)OCC.CCON(OCC)OCC.O=S(=O)(O)O. The zero-order valence-corrected chi connectivity index (χ0v) is 16.5. The molecule has 0 aliphatic heterocycles. The lowest BCUT2D eigenvalue weighted by molar-refractivity contribution is -0.523. The zero-order chi connectivity index (χ0) is 20.1. The summed E-state index contributed by atoms with van der Waals surface area (Å²) in [6.07, 6.45) is 0. The molecule has 0 saturated carbocycles. The Bertz CT molecular complexity index is 290. The van der Waals surface area contributed by atoms with Crippen LogP contribution in [-0.4, -0.2) is 67.9 Å². The highest BCUT2D eigenvalue weighted by Crippen LogP contribution is 1.93. The van der Waals surface area contributed by atoms with Crippen molar-refractivity contribution >= 4 is 10.4 Å². The molecule has 0 radical (unpaired) electrons. The molecule has 0 unspecified atom stereocenters. The first-order valence-corrected chi connectivity index (χ1v) is 9.17. The van der Waals surface area contributed by atoms with E-state index in [1.807, 2.05) is 41.5 Å². The predicted molar refractivity (Wildman–Crippen MR) is 87.6 cm³/mol. The van der Waals surface area contributed by atoms with Gasteiger partial charge in [0.25, 0.3) is 0 Å². The van der Waals surface area contributed by atoms with Gasteiger partial charge in [-0.15, -0.1) is 0 Å². The Morgan fingerprint density at radius 3 is 0.760 bits per heavy atom. The third-order valence-corrected chi connectivity index (χ3v) is 1.41. The number of hydrogen-bond acceptors (Lipinski definition) is 10. The van der Waals surface area contributed by atoms with Gasteiger partial charge in [-0.2, -0.15) is 8.42 Å². The van der Waals surface area contributed by atoms with E-state index in [-0.39, 0.29) is 0 Å². The van der Waals surface area contributed by atoms with Gasteiger partial charge in [0.05, 0.1) is 50.4 Å². The fourth-order valence-corrected chi connectivity index (χ4v) is 0.856. The molecule has 0 bridgehead atoms. The summed E-state index contributed by atoms with van der Waals surface area (Å²) in [4.78, 5) is 29.5. The number of nitrogens with zero attached hydrogens (tertiary/aromatic N) is 2. The van der Waals surface area contributed by atoms with Gasteiger partial charge in [-0.3, -0.25) is 38.1 Å². The largest absolute Gasteiger partial charge is 0.394 e. The van der Waals surface area contributed by atoms with Crippen LogP contribution in [0, 0.1) is 0 Å². The highest BCUT2D eigenvalue weighted by Gasteiger charge is 2.02. The second-order valence-corrected chi connectivity index (χ2v) is 4.30. The van der Waals surface area contributed by atoms with Crippen LogP contribution in [0.1, 0.15) is 41.5 Å². The molecule has 0 rings (SSSR count). The van der Waals surface area contributed by atoms with Crippen LogP contribution in [0.4, 0.5) is 0 Å². The summed E-state index contributed by atoms with van der Waals surface area (Å²) in [7, 11) is -4.67. The Balaban J connectivity index is -0.000000308. The normalized spacial score (nSPS) is 11.0. The van der Waals surface area contributed by atoms with E-state index in [2.05, 4.69) is 0 Å². The minimum atomic E-state index is -4.67. The van der Waals surface area contributed by atoms with E-state index >= 15 is 0 Å². The molecule has 0 amide bonds. The summed E-state index contributed by atoms with van der Waals surface area (Å²) in [5, 5.41) is 2.08. The van der Waals surface area contributed by atoms with Crippen LogP contribution in [0.3, 0.4) is 0 Å². The Hall–Kier alpha value is -0.450. The Morgan fingerprint density at radius 2 is 0.680 bits per heavy atom. The van der Waals surface area contributed by atoms with Crippen LogP contribution in [0.25, 0.3) is 0 Å². The topological polar surface area (TPSA) is 136 Å². The van der Waals surface area contributed by atoms with Gasteiger partial charge in [-0.1, -0.05) is 0 Å². The van der Waals surface area contributed by atoms with Gasteiger partial charge in [-0.25, -0.2) is 0 Å². The lowest BCUT2D eigenvalue weighted by Crippen LogP contribution is -2.24. The number of rotatable bonds is 12. The van der Waals surface area contributed by atoms with Crippen molar-refractivity contribution in [2.24, 2.45) is 0 Å². The summed E-state index contributed by atoms with van der Waals surface area (Å²) in [5.41, 5.74) is 0. The van der Waals surface area contributed by atoms with Crippen LogP contribution in [0.2, 0.25) is 0 Å². The molecule has 13 heteroatoms. The summed E-state index contributed by atoms with van der Waals surface area (Å²) in [6.45, 7) is 14.4. The first-order chi connectivity index (χ1) is 11.7. The van der Waals surface area contributed by atoms with Gasteiger partial charge < -0.3 is 0 Å². The van der Waals surface area contributed by atoms with E-state index in [1.165, 1.54) is 0 Å². The Labute approximate surface area is 149 Å². The third-order valence-electron chi connectivity index (χ3n) is 1.41. The summed E-state index contributed by atoms with van der Waals surface area (Å²) in [6, 6.07) is 0. The maximum Gasteiger partial charge on any atom is 0.394 e. The molecule has 0 fully saturated rings. The van der Waals surface area contributed by atoms with Gasteiger partial charge in [0.2, 0.25) is 0 Å². The molecule has 0 atom stereocenters. The van der Waals surface area contributed by atoms with Gasteiger partial charge in [-0.05, 0) is 41.5 Å². The predicted octanol–water partition coefficient (Wildman–Crippen LogP) is 1.63. The molecule has 0 heterocycles. The van der Waals surface area contributed by atoms with Crippen molar-refractivity contribution in [1.82, 2.24) is 10.8 Å². The van der Waals surface area contributed by atoms with E-state index in [0.29, 0.717) is 39.6 Å². The lowest BCUT2D eigenvalue weighted by atomic mass is 10.9. The quantitative estimate of drug-likeness (QED) is 0.366. The first-order valence-electron chi connectivity index (χ1n) is 7.77. The van der Waals surface area contributed by atoms with Crippen molar-refractivity contribution in [2.75, 3.05) is 39.6 Å². The summed E-state index contributed by atoms with van der Waals surface area (Å²) < 4.78 is 31.6. The molecular weight excluding hydrogens is 364 g/mol. The molecule has 0 aliphatic carbocycles. The van der Waals surface area contributed by atoms with Crippen LogP contribution in [0.5, 0.6) is 0 Å². The minimum Gasteiger partial charge on any atom is -0.264 e. The van der Waals surface area contributed by atoms with Gasteiger partial charge in [0.15, 0.2) is 0 Å². The van der Waals surface area contributed by atoms with Crippen molar-refractivity contribution in [3.8, 4) is 0 Å². The van der Waals surface area contributed by atoms with Crippen molar-refractivity contribution in [3.05, 3.63) is 0 Å². The van der Waals surface area contributed by atoms with E-state index in [9.17, 15) is 0 Å². The van der Waals surface area contributed by atoms with Crippen LogP contribution in [0.15, 0.2) is 0 Å². The summed E-state index contributed by atoms with van der Waals surface area (Å²) in [5.74, 6) is 0. The van der Waals surface area contributed by atoms with Crippen molar-refractivity contribution < 1.29 is 46.5 Å². The summed E-state index contributed by atoms with van der Waals surface area (Å²) >= 11 is 0. The highest BCUT2D eigenvalue weighted by atomic mass is 32.3. The molecule has 0 aromatic carbocycles. The molecule has 12 nitrogen and oxygen atoms in total. The average Bonchev–Trinajstić information content (AvgIpc) is 2.48. The zero-order valence-electron chi connectivity index (χ0n) is 15.7. The molecule has 25 heavy (non-hydrogen) atoms.